The van der Waals surface area contributed by atoms with Crippen LogP contribution in [0.5, 0.6) is 0 Å². The molecule has 6 nitrogen and oxygen atoms in total. The van der Waals surface area contributed by atoms with Gasteiger partial charge in [0.25, 0.3) is 0 Å². The van der Waals surface area contributed by atoms with Gasteiger partial charge in [0.2, 0.25) is 11.8 Å². The summed E-state index contributed by atoms with van der Waals surface area (Å²) in [6.07, 6.45) is 3.47. The molecule has 0 aromatic carbocycles. The van der Waals surface area contributed by atoms with Crippen LogP contribution in [0.15, 0.2) is 35.3 Å². The molecule has 0 spiro atoms. The molecule has 0 unspecified atom stereocenters. The second kappa shape index (κ2) is 12.0. The van der Waals surface area contributed by atoms with Gasteiger partial charge in [-0.2, -0.15) is 0 Å². The van der Waals surface area contributed by atoms with Gasteiger partial charge in [-0.25, -0.2) is 4.79 Å². The van der Waals surface area contributed by atoms with Gasteiger partial charge in [-0.1, -0.05) is 60.3 Å². The van der Waals surface area contributed by atoms with E-state index in [0.29, 0.717) is 0 Å². The van der Waals surface area contributed by atoms with Crippen molar-refractivity contribution in [1.82, 2.24) is 10.2 Å². The minimum atomic E-state index is -1.02. The van der Waals surface area contributed by atoms with Gasteiger partial charge in [0.05, 0.1) is 0 Å². The van der Waals surface area contributed by atoms with Gasteiger partial charge in [-0.3, -0.25) is 9.59 Å². The van der Waals surface area contributed by atoms with Gasteiger partial charge < -0.3 is 15.3 Å². The van der Waals surface area contributed by atoms with Crippen LogP contribution in [-0.4, -0.2) is 53.2 Å². The highest BCUT2D eigenvalue weighted by Crippen LogP contribution is 2.33. The molecule has 30 heavy (non-hydrogen) atoms. The molecular formula is C23H38N2O4S. The topological polar surface area (TPSA) is 86.7 Å². The van der Waals surface area contributed by atoms with E-state index in [9.17, 15) is 14.4 Å². The predicted molar refractivity (Wildman–Crippen MR) is 125 cm³/mol. The number of nitrogens with zero attached hydrogens (tertiary/aromatic N) is 1. The first-order valence-electron chi connectivity index (χ1n) is 10.1. The van der Waals surface area contributed by atoms with E-state index in [-0.39, 0.29) is 30.4 Å². The first-order valence-corrected chi connectivity index (χ1v) is 11.1. The molecule has 0 aromatic rings. The Bertz CT molecular complexity index is 702. The van der Waals surface area contributed by atoms with E-state index in [2.05, 4.69) is 18.8 Å². The normalized spacial score (nSPS) is 14.1. The first-order chi connectivity index (χ1) is 13.7. The molecular weight excluding hydrogens is 400 g/mol. The Hall–Kier alpha value is -2.02. The van der Waals surface area contributed by atoms with Crippen LogP contribution < -0.4 is 5.32 Å². The molecule has 0 fully saturated rings. The highest BCUT2D eigenvalue weighted by atomic mass is 32.2. The number of amides is 2. The number of carbonyl (C=O) groups excluding carboxylic acids is 2. The summed E-state index contributed by atoms with van der Waals surface area (Å²) in [5, 5.41) is 13.9. The first kappa shape index (κ1) is 28.0. The Morgan fingerprint density at radius 3 is 2.20 bits per heavy atom. The number of carboxylic acid groups (broad SMARTS) is 1. The maximum Gasteiger partial charge on any atom is 0.331 e. The fourth-order valence-electron chi connectivity index (χ4n) is 2.69. The summed E-state index contributed by atoms with van der Waals surface area (Å²) in [4.78, 5) is 38.2. The average Bonchev–Trinajstić information content (AvgIpc) is 2.62. The molecule has 170 valence electrons. The van der Waals surface area contributed by atoms with Crippen molar-refractivity contribution >= 4 is 29.5 Å². The minimum Gasteiger partial charge on any atom is -0.478 e. The monoisotopic (exact) mass is 438 g/mol. The van der Waals surface area contributed by atoms with Gasteiger partial charge in [0, 0.05) is 25.6 Å². The van der Waals surface area contributed by atoms with Crippen LogP contribution >= 0.6 is 11.8 Å². The van der Waals surface area contributed by atoms with Crippen LogP contribution in [0.3, 0.4) is 0 Å². The Morgan fingerprint density at radius 2 is 1.77 bits per heavy atom. The van der Waals surface area contributed by atoms with E-state index in [1.165, 1.54) is 17.9 Å². The summed E-state index contributed by atoms with van der Waals surface area (Å²) in [5.41, 5.74) is 0.217. The third-order valence-electron chi connectivity index (χ3n) is 4.78. The van der Waals surface area contributed by atoms with Gasteiger partial charge in [-0.05, 0) is 34.5 Å². The highest BCUT2D eigenvalue weighted by Gasteiger charge is 2.36. The maximum atomic E-state index is 13.0. The number of aliphatic carboxylic acids is 1. The summed E-state index contributed by atoms with van der Waals surface area (Å²) < 4.78 is 0. The van der Waals surface area contributed by atoms with Crippen molar-refractivity contribution in [1.29, 1.82) is 0 Å². The lowest BCUT2D eigenvalue weighted by molar-refractivity contribution is -0.138. The largest absolute Gasteiger partial charge is 0.478 e. The maximum absolute atomic E-state index is 13.0. The van der Waals surface area contributed by atoms with Crippen molar-refractivity contribution in [3.05, 3.63) is 35.3 Å². The van der Waals surface area contributed by atoms with E-state index in [1.54, 1.807) is 24.9 Å². The Balaban J connectivity index is 5.42. The lowest BCUT2D eigenvalue weighted by Gasteiger charge is -2.34. The molecule has 0 rings (SSSR count). The van der Waals surface area contributed by atoms with Crippen LogP contribution in [0.25, 0.3) is 0 Å². The predicted octanol–water partition coefficient (Wildman–Crippen LogP) is 4.25. The van der Waals surface area contributed by atoms with Crippen LogP contribution in [0.1, 0.15) is 54.9 Å². The fourth-order valence-corrected chi connectivity index (χ4v) is 3.45. The summed E-state index contributed by atoms with van der Waals surface area (Å²) in [6.45, 7) is 17.2. The number of allylic oxidation sites excluding steroid dienone is 2. The Kier molecular flexibility index (Phi) is 11.2. The molecule has 0 bridgehead atoms. The summed E-state index contributed by atoms with van der Waals surface area (Å²) in [5.74, 6) is -0.564. The average molecular weight is 439 g/mol. The van der Waals surface area contributed by atoms with Crippen molar-refractivity contribution in [3.8, 4) is 0 Å². The van der Waals surface area contributed by atoms with Crippen molar-refractivity contribution < 1.29 is 19.5 Å². The summed E-state index contributed by atoms with van der Waals surface area (Å²) in [7, 11) is 1.60. The van der Waals surface area contributed by atoms with Crippen LogP contribution in [0, 0.1) is 10.8 Å². The zero-order chi connectivity index (χ0) is 23.7. The van der Waals surface area contributed by atoms with Crippen molar-refractivity contribution in [2.75, 3.05) is 19.3 Å². The van der Waals surface area contributed by atoms with E-state index in [4.69, 9.17) is 5.11 Å². The molecule has 2 N–H and O–H groups in total. The molecule has 0 aliphatic rings. The number of rotatable bonds is 11. The van der Waals surface area contributed by atoms with Crippen molar-refractivity contribution in [2.45, 2.75) is 60.9 Å². The van der Waals surface area contributed by atoms with Crippen LogP contribution in [0.2, 0.25) is 0 Å². The quantitative estimate of drug-likeness (QED) is 0.372. The minimum absolute atomic E-state index is 0.155. The number of carbonyl (C=O) groups is 3. The molecule has 0 aliphatic carbocycles. The standard InChI is InChI=1S/C23H38N2O4S/c1-10-17(15-30-11-2)23(7,8)14-18(26)24-19(22(4,5)6)20(27)25(9)13-12-16(3)21(28)29/h10,12,15,19H,1,11,13-14H2,2-9H3,(H,24,26)(H,28,29)/b16-12+,17-15+/t19-/m1/s1. The second-order valence-electron chi connectivity index (χ2n) is 9.07. The molecule has 0 saturated heterocycles. The number of likely N-dealkylation sites (N-methyl/N-ethyl adjacent to an activating group) is 1. The molecule has 0 aliphatic heterocycles. The molecule has 1 atom stereocenters. The molecule has 0 heterocycles. The highest BCUT2D eigenvalue weighted by molar-refractivity contribution is 8.02. The molecule has 7 heteroatoms. The van der Waals surface area contributed by atoms with Crippen LogP contribution in [0.4, 0.5) is 0 Å². The smallest absolute Gasteiger partial charge is 0.331 e. The summed E-state index contributed by atoms with van der Waals surface area (Å²) >= 11 is 1.66. The number of hydrogen-bond donors (Lipinski definition) is 2. The number of carboxylic acids is 1. The Morgan fingerprint density at radius 1 is 1.20 bits per heavy atom. The van der Waals surface area contributed by atoms with E-state index in [1.807, 2.05) is 40.0 Å². The fraction of sp³-hybridized carbons (Fsp3) is 0.609. The molecule has 0 saturated carbocycles. The molecule has 2 amide bonds. The zero-order valence-corrected chi connectivity index (χ0v) is 20.5. The third-order valence-corrected chi connectivity index (χ3v) is 5.54. The number of hydrogen-bond acceptors (Lipinski definition) is 4. The van der Waals surface area contributed by atoms with E-state index >= 15 is 0 Å². The zero-order valence-electron chi connectivity index (χ0n) is 19.7. The second-order valence-corrected chi connectivity index (χ2v) is 10.2. The van der Waals surface area contributed by atoms with E-state index < -0.39 is 22.8 Å². The van der Waals surface area contributed by atoms with Gasteiger partial charge >= 0.3 is 5.97 Å². The van der Waals surface area contributed by atoms with Crippen LogP contribution in [-0.2, 0) is 14.4 Å². The lowest BCUT2D eigenvalue weighted by Crippen LogP contribution is -2.54. The van der Waals surface area contributed by atoms with Gasteiger partial charge in [0.1, 0.15) is 6.04 Å². The summed E-state index contributed by atoms with van der Waals surface area (Å²) in [6, 6.07) is -0.731. The molecule has 0 aromatic heterocycles. The van der Waals surface area contributed by atoms with Gasteiger partial charge in [0.15, 0.2) is 0 Å². The van der Waals surface area contributed by atoms with Gasteiger partial charge in [-0.15, -0.1) is 11.8 Å². The molecule has 0 radical (unpaired) electrons. The lowest BCUT2D eigenvalue weighted by atomic mass is 9.80. The third kappa shape index (κ3) is 9.20. The van der Waals surface area contributed by atoms with E-state index in [0.717, 1.165) is 11.3 Å². The SMILES string of the molecule is C=C/C(=C\SCC)C(C)(C)CC(=O)N[C@H](C(=O)N(C)C/C=C(\C)C(=O)O)C(C)(C)C. The number of nitrogens with one attached hydrogen (secondary N) is 1. The van der Waals surface area contributed by atoms with Crippen molar-refractivity contribution in [2.24, 2.45) is 10.8 Å². The van der Waals surface area contributed by atoms with Crippen molar-refractivity contribution in [3.63, 3.8) is 0 Å². The number of thioether (sulfide) groups is 1. The Labute approximate surface area is 185 Å².